The van der Waals surface area contributed by atoms with Crippen molar-refractivity contribution in [2.45, 2.75) is 6.54 Å². The number of pyridine rings is 1. The lowest BCUT2D eigenvalue weighted by molar-refractivity contribution is 0.233. The Labute approximate surface area is 147 Å². The van der Waals surface area contributed by atoms with Gasteiger partial charge in [0.2, 0.25) is 0 Å². The van der Waals surface area contributed by atoms with Crippen LogP contribution in [0, 0.1) is 5.82 Å². The Morgan fingerprint density at radius 1 is 0.960 bits per heavy atom. The van der Waals surface area contributed by atoms with E-state index in [1.807, 2.05) is 36.5 Å². The zero-order valence-electron chi connectivity index (χ0n) is 14.2. The number of nitrogens with zero attached hydrogens (tertiary/aromatic N) is 2. The van der Waals surface area contributed by atoms with Crippen LogP contribution < -0.4 is 4.74 Å². The lowest BCUT2D eigenvalue weighted by atomic mass is 10.1. The first-order valence-corrected chi connectivity index (χ1v) is 8.27. The third kappa shape index (κ3) is 5.13. The van der Waals surface area contributed by atoms with E-state index in [-0.39, 0.29) is 5.82 Å². The quantitative estimate of drug-likeness (QED) is 0.639. The summed E-state index contributed by atoms with van der Waals surface area (Å²) in [5.41, 5.74) is 3.07. The highest BCUT2D eigenvalue weighted by molar-refractivity contribution is 5.62. The normalized spacial score (nSPS) is 10.8. The molecule has 0 saturated heterocycles. The summed E-state index contributed by atoms with van der Waals surface area (Å²) in [5, 5.41) is 0. The molecule has 0 saturated carbocycles. The number of ether oxygens (including phenoxy) is 1. The summed E-state index contributed by atoms with van der Waals surface area (Å²) in [6, 6.07) is 18.4. The predicted octanol–water partition coefficient (Wildman–Crippen LogP) is 4.40. The molecule has 3 rings (SSSR count). The molecular weight excluding hydrogens is 315 g/mol. The molecule has 128 valence electrons. The Kier molecular flexibility index (Phi) is 5.75. The number of hydrogen-bond donors (Lipinski definition) is 0. The smallest absolute Gasteiger partial charge is 0.123 e. The molecule has 3 aromatic rings. The van der Waals surface area contributed by atoms with E-state index in [9.17, 15) is 4.39 Å². The molecule has 0 unspecified atom stereocenters. The molecule has 2 aromatic carbocycles. The SMILES string of the molecule is CN(CCOc1ccccc1)Cc1cncc(-c2ccc(F)cc2)c1. The van der Waals surface area contributed by atoms with Crippen LogP contribution in [0.5, 0.6) is 5.75 Å². The van der Waals surface area contributed by atoms with Crippen molar-refractivity contribution in [2.75, 3.05) is 20.2 Å². The average Bonchev–Trinajstić information content (AvgIpc) is 2.63. The minimum absolute atomic E-state index is 0.231. The zero-order valence-corrected chi connectivity index (χ0v) is 14.2. The molecule has 1 heterocycles. The van der Waals surface area contributed by atoms with E-state index in [0.29, 0.717) is 6.61 Å². The third-order valence-electron chi connectivity index (χ3n) is 3.91. The first-order chi connectivity index (χ1) is 12.2. The van der Waals surface area contributed by atoms with Gasteiger partial charge in [-0.05, 0) is 48.5 Å². The standard InChI is InChI=1S/C21H21FN2O/c1-24(11-12-25-21-5-3-2-4-6-21)16-17-13-19(15-23-14-17)18-7-9-20(22)10-8-18/h2-10,13-15H,11-12,16H2,1H3. The molecule has 0 spiro atoms. The lowest BCUT2D eigenvalue weighted by Crippen LogP contribution is -2.23. The first-order valence-electron chi connectivity index (χ1n) is 8.27. The second-order valence-corrected chi connectivity index (χ2v) is 5.99. The van der Waals surface area contributed by atoms with Crippen LogP contribution in [0.4, 0.5) is 4.39 Å². The van der Waals surface area contributed by atoms with Crippen LogP contribution in [0.15, 0.2) is 73.1 Å². The molecule has 0 N–H and O–H groups in total. The molecule has 0 aliphatic carbocycles. The van der Waals surface area contributed by atoms with Crippen molar-refractivity contribution < 1.29 is 9.13 Å². The highest BCUT2D eigenvalue weighted by Gasteiger charge is 2.04. The predicted molar refractivity (Wildman–Crippen MR) is 97.9 cm³/mol. The van der Waals surface area contributed by atoms with E-state index in [1.165, 1.54) is 12.1 Å². The zero-order chi connectivity index (χ0) is 17.5. The molecule has 1 aromatic heterocycles. The van der Waals surface area contributed by atoms with Gasteiger partial charge in [-0.3, -0.25) is 9.88 Å². The van der Waals surface area contributed by atoms with Crippen LogP contribution in [-0.4, -0.2) is 30.1 Å². The van der Waals surface area contributed by atoms with Gasteiger partial charge in [0.05, 0.1) is 0 Å². The van der Waals surface area contributed by atoms with Gasteiger partial charge in [0.15, 0.2) is 0 Å². The Bertz CT molecular complexity index is 791. The molecule has 0 fully saturated rings. The third-order valence-corrected chi connectivity index (χ3v) is 3.91. The van der Waals surface area contributed by atoms with Crippen molar-refractivity contribution in [3.05, 3.63) is 84.4 Å². The number of benzene rings is 2. The van der Waals surface area contributed by atoms with Crippen molar-refractivity contribution >= 4 is 0 Å². The summed E-state index contributed by atoms with van der Waals surface area (Å²) < 4.78 is 18.8. The number of hydrogen-bond acceptors (Lipinski definition) is 3. The minimum atomic E-state index is -0.231. The Morgan fingerprint density at radius 2 is 1.72 bits per heavy atom. The summed E-state index contributed by atoms with van der Waals surface area (Å²) in [4.78, 5) is 6.50. The fourth-order valence-electron chi connectivity index (χ4n) is 2.60. The molecule has 0 amide bonds. The number of likely N-dealkylation sites (N-methyl/N-ethyl adjacent to an activating group) is 1. The number of halogens is 1. The summed E-state index contributed by atoms with van der Waals surface area (Å²) >= 11 is 0. The maximum atomic E-state index is 13.1. The molecular formula is C21H21FN2O. The van der Waals surface area contributed by atoms with Gasteiger partial charge in [0.25, 0.3) is 0 Å². The summed E-state index contributed by atoms with van der Waals surface area (Å²) in [7, 11) is 2.05. The van der Waals surface area contributed by atoms with Crippen molar-refractivity contribution in [1.29, 1.82) is 0 Å². The first kappa shape index (κ1) is 17.1. The molecule has 4 heteroatoms. The van der Waals surface area contributed by atoms with Crippen LogP contribution in [0.25, 0.3) is 11.1 Å². The largest absolute Gasteiger partial charge is 0.492 e. The van der Waals surface area contributed by atoms with Gasteiger partial charge >= 0.3 is 0 Å². The van der Waals surface area contributed by atoms with E-state index in [0.717, 1.165) is 35.5 Å². The average molecular weight is 336 g/mol. The Morgan fingerprint density at radius 3 is 2.48 bits per heavy atom. The second kappa shape index (κ2) is 8.40. The van der Waals surface area contributed by atoms with Gasteiger partial charge in [-0.2, -0.15) is 0 Å². The molecule has 0 radical (unpaired) electrons. The number of rotatable bonds is 7. The Hall–Kier alpha value is -2.72. The van der Waals surface area contributed by atoms with Crippen molar-refractivity contribution in [3.63, 3.8) is 0 Å². The van der Waals surface area contributed by atoms with Crippen LogP contribution in [0.3, 0.4) is 0 Å². The summed E-state index contributed by atoms with van der Waals surface area (Å²) in [6.07, 6.45) is 3.66. The van der Waals surface area contributed by atoms with Crippen molar-refractivity contribution in [3.8, 4) is 16.9 Å². The number of para-hydroxylation sites is 1. The second-order valence-electron chi connectivity index (χ2n) is 5.99. The topological polar surface area (TPSA) is 25.4 Å². The van der Waals surface area contributed by atoms with E-state index in [4.69, 9.17) is 4.74 Å². The van der Waals surface area contributed by atoms with E-state index in [1.54, 1.807) is 18.3 Å². The molecule has 25 heavy (non-hydrogen) atoms. The van der Waals surface area contributed by atoms with Gasteiger partial charge < -0.3 is 4.74 Å². The maximum Gasteiger partial charge on any atom is 0.123 e. The fraction of sp³-hybridized carbons (Fsp3) is 0.190. The fourth-order valence-corrected chi connectivity index (χ4v) is 2.60. The van der Waals surface area contributed by atoms with E-state index >= 15 is 0 Å². The van der Waals surface area contributed by atoms with Crippen LogP contribution in [0.2, 0.25) is 0 Å². The highest BCUT2D eigenvalue weighted by atomic mass is 19.1. The summed E-state index contributed by atoms with van der Waals surface area (Å²) in [6.45, 7) is 2.22. The molecule has 0 bridgehead atoms. The maximum absolute atomic E-state index is 13.1. The Balaban J connectivity index is 1.55. The summed E-state index contributed by atoms with van der Waals surface area (Å²) in [5.74, 6) is 0.655. The van der Waals surface area contributed by atoms with Crippen LogP contribution in [0.1, 0.15) is 5.56 Å². The van der Waals surface area contributed by atoms with Gasteiger partial charge in [0.1, 0.15) is 18.2 Å². The van der Waals surface area contributed by atoms with E-state index in [2.05, 4.69) is 23.0 Å². The molecule has 3 nitrogen and oxygen atoms in total. The van der Waals surface area contributed by atoms with Gasteiger partial charge in [-0.1, -0.05) is 30.3 Å². The molecule has 0 aliphatic heterocycles. The van der Waals surface area contributed by atoms with Crippen LogP contribution in [-0.2, 0) is 6.54 Å². The number of aromatic nitrogens is 1. The van der Waals surface area contributed by atoms with Crippen molar-refractivity contribution in [1.82, 2.24) is 9.88 Å². The highest BCUT2D eigenvalue weighted by Crippen LogP contribution is 2.20. The van der Waals surface area contributed by atoms with Gasteiger partial charge in [-0.15, -0.1) is 0 Å². The molecule has 0 atom stereocenters. The van der Waals surface area contributed by atoms with Gasteiger partial charge in [-0.25, -0.2) is 4.39 Å². The lowest BCUT2D eigenvalue weighted by Gasteiger charge is -2.17. The van der Waals surface area contributed by atoms with Crippen LogP contribution >= 0.6 is 0 Å². The van der Waals surface area contributed by atoms with E-state index < -0.39 is 0 Å². The minimum Gasteiger partial charge on any atom is -0.492 e. The van der Waals surface area contributed by atoms with Crippen molar-refractivity contribution in [2.24, 2.45) is 0 Å². The van der Waals surface area contributed by atoms with Gasteiger partial charge in [0, 0.05) is 31.0 Å². The molecule has 0 aliphatic rings. The monoisotopic (exact) mass is 336 g/mol.